The molecule has 15 heavy (non-hydrogen) atoms. The molecule has 1 unspecified atom stereocenters. The van der Waals surface area contributed by atoms with Crippen molar-refractivity contribution in [3.63, 3.8) is 0 Å². The predicted molar refractivity (Wildman–Crippen MR) is 66.9 cm³/mol. The van der Waals surface area contributed by atoms with E-state index in [1.165, 1.54) is 18.4 Å². The van der Waals surface area contributed by atoms with Crippen LogP contribution in [0.5, 0.6) is 0 Å². The molecule has 1 rings (SSSR count). The Bertz CT molecular complexity index is 253. The summed E-state index contributed by atoms with van der Waals surface area (Å²) in [5, 5.41) is 3.62. The van der Waals surface area contributed by atoms with Crippen LogP contribution in [0.15, 0.2) is 30.3 Å². The number of hydrogen-bond acceptors (Lipinski definition) is 1. The molecule has 0 aliphatic carbocycles. The fraction of sp³-hybridized carbons (Fsp3) is 0.571. The molecule has 0 amide bonds. The monoisotopic (exact) mass is 205 g/mol. The molecule has 0 aliphatic heterocycles. The Labute approximate surface area is 93.9 Å². The van der Waals surface area contributed by atoms with E-state index in [9.17, 15) is 0 Å². The van der Waals surface area contributed by atoms with E-state index in [1.807, 2.05) is 0 Å². The molecule has 1 nitrogen and oxygen atoms in total. The van der Waals surface area contributed by atoms with Crippen LogP contribution in [0.2, 0.25) is 0 Å². The molecule has 0 fully saturated rings. The zero-order chi connectivity index (χ0) is 11.1. The van der Waals surface area contributed by atoms with Gasteiger partial charge in [0.15, 0.2) is 0 Å². The maximum absolute atomic E-state index is 3.62. The predicted octanol–water partition coefficient (Wildman–Crippen LogP) is 3.77. The van der Waals surface area contributed by atoms with E-state index >= 15 is 0 Å². The summed E-state index contributed by atoms with van der Waals surface area (Å²) in [5.41, 5.74) is 1.42. The molecule has 1 heteroatoms. The first-order chi connectivity index (χ1) is 7.24. The van der Waals surface area contributed by atoms with E-state index in [1.54, 1.807) is 0 Å². The number of hydrogen-bond donors (Lipinski definition) is 1. The standard InChI is InChI=1S/C14H23N/c1-4-10-15-14(11-12(2)3)13-8-6-5-7-9-13/h5-9,12,14-15H,4,10-11H2,1-3H3. The lowest BCUT2D eigenvalue weighted by molar-refractivity contribution is 0.430. The van der Waals surface area contributed by atoms with Crippen LogP contribution >= 0.6 is 0 Å². The summed E-state index contributed by atoms with van der Waals surface area (Å²) >= 11 is 0. The van der Waals surface area contributed by atoms with E-state index in [4.69, 9.17) is 0 Å². The van der Waals surface area contributed by atoms with E-state index in [-0.39, 0.29) is 0 Å². The minimum absolute atomic E-state index is 0.520. The van der Waals surface area contributed by atoms with Gasteiger partial charge in [-0.2, -0.15) is 0 Å². The molecule has 1 aromatic rings. The smallest absolute Gasteiger partial charge is 0.0322 e. The van der Waals surface area contributed by atoms with Crippen LogP contribution in [0.1, 0.15) is 45.2 Å². The van der Waals surface area contributed by atoms with E-state index in [2.05, 4.69) is 56.4 Å². The number of benzene rings is 1. The van der Waals surface area contributed by atoms with Crippen molar-refractivity contribution in [3.05, 3.63) is 35.9 Å². The van der Waals surface area contributed by atoms with Gasteiger partial charge in [0, 0.05) is 6.04 Å². The topological polar surface area (TPSA) is 12.0 Å². The van der Waals surface area contributed by atoms with Crippen molar-refractivity contribution in [1.29, 1.82) is 0 Å². The minimum atomic E-state index is 0.520. The summed E-state index contributed by atoms with van der Waals surface area (Å²) in [7, 11) is 0. The molecule has 0 bridgehead atoms. The van der Waals surface area contributed by atoms with Crippen LogP contribution in [0, 0.1) is 5.92 Å². The Balaban J connectivity index is 2.63. The molecular weight excluding hydrogens is 182 g/mol. The Morgan fingerprint density at radius 3 is 2.33 bits per heavy atom. The number of rotatable bonds is 6. The summed E-state index contributed by atoms with van der Waals surface area (Å²) in [4.78, 5) is 0. The van der Waals surface area contributed by atoms with Gasteiger partial charge < -0.3 is 5.32 Å². The second-order valence-electron chi connectivity index (χ2n) is 4.55. The van der Waals surface area contributed by atoms with Crippen molar-refractivity contribution in [2.45, 2.75) is 39.7 Å². The molecular formula is C14H23N. The zero-order valence-electron chi connectivity index (χ0n) is 10.2. The second-order valence-corrected chi connectivity index (χ2v) is 4.55. The van der Waals surface area contributed by atoms with E-state index < -0.39 is 0 Å². The molecule has 1 N–H and O–H groups in total. The average molecular weight is 205 g/mol. The van der Waals surface area contributed by atoms with E-state index in [0.29, 0.717) is 6.04 Å². The molecule has 0 heterocycles. The third-order valence-corrected chi connectivity index (χ3v) is 2.55. The Hall–Kier alpha value is -0.820. The molecule has 0 aliphatic rings. The van der Waals surface area contributed by atoms with Gasteiger partial charge in [-0.1, -0.05) is 51.1 Å². The van der Waals surface area contributed by atoms with Crippen LogP contribution in [-0.2, 0) is 0 Å². The van der Waals surface area contributed by atoms with Crippen molar-refractivity contribution in [2.75, 3.05) is 6.54 Å². The van der Waals surface area contributed by atoms with Crippen molar-refractivity contribution >= 4 is 0 Å². The van der Waals surface area contributed by atoms with E-state index in [0.717, 1.165) is 12.5 Å². The van der Waals surface area contributed by atoms with Gasteiger partial charge in [0.1, 0.15) is 0 Å². The summed E-state index contributed by atoms with van der Waals surface area (Å²) in [5.74, 6) is 0.736. The van der Waals surface area contributed by atoms with Gasteiger partial charge in [0.2, 0.25) is 0 Å². The first-order valence-electron chi connectivity index (χ1n) is 6.02. The lowest BCUT2D eigenvalue weighted by atomic mass is 9.97. The van der Waals surface area contributed by atoms with Crippen LogP contribution in [0.4, 0.5) is 0 Å². The lowest BCUT2D eigenvalue weighted by Gasteiger charge is -2.20. The SMILES string of the molecule is CCCNC(CC(C)C)c1ccccc1. The summed E-state index contributed by atoms with van der Waals surface area (Å²) in [6.07, 6.45) is 2.41. The Kier molecular flexibility index (Phi) is 5.41. The van der Waals surface area contributed by atoms with Gasteiger partial charge in [0.05, 0.1) is 0 Å². The van der Waals surface area contributed by atoms with Crippen molar-refractivity contribution < 1.29 is 0 Å². The first kappa shape index (κ1) is 12.3. The second kappa shape index (κ2) is 6.62. The normalized spacial score (nSPS) is 13.1. The van der Waals surface area contributed by atoms with Gasteiger partial charge in [-0.15, -0.1) is 0 Å². The van der Waals surface area contributed by atoms with Crippen LogP contribution in [-0.4, -0.2) is 6.54 Å². The molecule has 1 atom stereocenters. The highest BCUT2D eigenvalue weighted by Gasteiger charge is 2.11. The van der Waals surface area contributed by atoms with Crippen molar-refractivity contribution in [2.24, 2.45) is 5.92 Å². The minimum Gasteiger partial charge on any atom is -0.310 e. The average Bonchev–Trinajstić information content (AvgIpc) is 2.25. The largest absolute Gasteiger partial charge is 0.310 e. The third-order valence-electron chi connectivity index (χ3n) is 2.55. The zero-order valence-corrected chi connectivity index (χ0v) is 10.2. The highest BCUT2D eigenvalue weighted by Crippen LogP contribution is 2.20. The molecule has 0 spiro atoms. The summed E-state index contributed by atoms with van der Waals surface area (Å²) in [6.45, 7) is 7.88. The quantitative estimate of drug-likeness (QED) is 0.745. The summed E-state index contributed by atoms with van der Waals surface area (Å²) < 4.78 is 0. The Morgan fingerprint density at radius 1 is 1.13 bits per heavy atom. The van der Waals surface area contributed by atoms with Gasteiger partial charge in [-0.25, -0.2) is 0 Å². The highest BCUT2D eigenvalue weighted by molar-refractivity contribution is 5.18. The fourth-order valence-electron chi connectivity index (χ4n) is 1.81. The number of nitrogens with one attached hydrogen (secondary N) is 1. The van der Waals surface area contributed by atoms with Gasteiger partial charge in [-0.3, -0.25) is 0 Å². The van der Waals surface area contributed by atoms with Crippen molar-refractivity contribution in [3.8, 4) is 0 Å². The maximum Gasteiger partial charge on any atom is 0.0322 e. The maximum atomic E-state index is 3.62. The molecule has 0 aromatic heterocycles. The van der Waals surface area contributed by atoms with Crippen LogP contribution in [0.3, 0.4) is 0 Å². The van der Waals surface area contributed by atoms with Crippen LogP contribution < -0.4 is 5.32 Å². The lowest BCUT2D eigenvalue weighted by Crippen LogP contribution is -2.23. The highest BCUT2D eigenvalue weighted by atomic mass is 14.9. The molecule has 1 aromatic carbocycles. The van der Waals surface area contributed by atoms with Crippen LogP contribution in [0.25, 0.3) is 0 Å². The summed E-state index contributed by atoms with van der Waals surface area (Å²) in [6, 6.07) is 11.3. The molecule has 84 valence electrons. The van der Waals surface area contributed by atoms with Gasteiger partial charge in [0.25, 0.3) is 0 Å². The third kappa shape index (κ3) is 4.48. The molecule has 0 saturated carbocycles. The van der Waals surface area contributed by atoms with Gasteiger partial charge >= 0.3 is 0 Å². The molecule has 0 saturated heterocycles. The van der Waals surface area contributed by atoms with Crippen molar-refractivity contribution in [1.82, 2.24) is 5.32 Å². The molecule has 0 radical (unpaired) electrons. The van der Waals surface area contributed by atoms with Gasteiger partial charge in [-0.05, 0) is 30.9 Å². The first-order valence-corrected chi connectivity index (χ1v) is 6.02. The Morgan fingerprint density at radius 2 is 1.80 bits per heavy atom. The fourth-order valence-corrected chi connectivity index (χ4v) is 1.81.